The van der Waals surface area contributed by atoms with Crippen LogP contribution in [0, 0.1) is 12.8 Å². The van der Waals surface area contributed by atoms with Crippen LogP contribution >= 0.6 is 0 Å². The van der Waals surface area contributed by atoms with Crippen LogP contribution in [0.15, 0.2) is 42.7 Å². The van der Waals surface area contributed by atoms with Gasteiger partial charge in [0.25, 0.3) is 0 Å². The standard InChI is InChI=1S/C18H21N3O/c1-12-5-6-15-9-13(2)17(16(15)8-12)21-18(22)20-11-14-4-3-7-19-10-14/h3-8,10,13,17H,9,11H2,1-2H3,(H2,20,21,22)/t13-,17-/m0/s1. The summed E-state index contributed by atoms with van der Waals surface area (Å²) in [5.41, 5.74) is 4.82. The number of benzene rings is 1. The lowest BCUT2D eigenvalue weighted by Gasteiger charge is -2.19. The van der Waals surface area contributed by atoms with E-state index in [1.54, 1.807) is 12.4 Å². The maximum atomic E-state index is 12.2. The van der Waals surface area contributed by atoms with Crippen LogP contribution in [-0.4, -0.2) is 11.0 Å². The van der Waals surface area contributed by atoms with Gasteiger partial charge in [-0.15, -0.1) is 0 Å². The molecule has 4 nitrogen and oxygen atoms in total. The van der Waals surface area contributed by atoms with E-state index in [0.29, 0.717) is 12.5 Å². The minimum Gasteiger partial charge on any atom is -0.334 e. The van der Waals surface area contributed by atoms with E-state index < -0.39 is 0 Å². The molecule has 0 spiro atoms. The van der Waals surface area contributed by atoms with E-state index in [2.05, 4.69) is 47.7 Å². The molecule has 22 heavy (non-hydrogen) atoms. The van der Waals surface area contributed by atoms with Crippen LogP contribution in [0.2, 0.25) is 0 Å². The molecule has 4 heteroatoms. The first-order chi connectivity index (χ1) is 10.6. The highest BCUT2D eigenvalue weighted by atomic mass is 16.2. The number of hydrogen-bond donors (Lipinski definition) is 2. The van der Waals surface area contributed by atoms with E-state index in [-0.39, 0.29) is 12.1 Å². The summed E-state index contributed by atoms with van der Waals surface area (Å²) in [6, 6.07) is 10.3. The van der Waals surface area contributed by atoms with Crippen LogP contribution in [0.5, 0.6) is 0 Å². The van der Waals surface area contributed by atoms with Gasteiger partial charge in [-0.05, 0) is 42.0 Å². The molecule has 2 N–H and O–H groups in total. The second kappa shape index (κ2) is 6.18. The van der Waals surface area contributed by atoms with Gasteiger partial charge in [0.15, 0.2) is 0 Å². The first-order valence-electron chi connectivity index (χ1n) is 7.66. The summed E-state index contributed by atoms with van der Waals surface area (Å²) in [7, 11) is 0. The van der Waals surface area contributed by atoms with Crippen molar-refractivity contribution in [2.75, 3.05) is 0 Å². The molecule has 3 rings (SSSR count). The number of aryl methyl sites for hydroxylation is 1. The van der Waals surface area contributed by atoms with Crippen LogP contribution < -0.4 is 10.6 Å². The Bertz CT molecular complexity index is 669. The number of aromatic nitrogens is 1. The van der Waals surface area contributed by atoms with Gasteiger partial charge >= 0.3 is 6.03 Å². The van der Waals surface area contributed by atoms with E-state index >= 15 is 0 Å². The highest BCUT2D eigenvalue weighted by Gasteiger charge is 2.30. The van der Waals surface area contributed by atoms with Crippen LogP contribution in [-0.2, 0) is 13.0 Å². The summed E-state index contributed by atoms with van der Waals surface area (Å²) in [5.74, 6) is 0.418. The molecule has 0 aliphatic heterocycles. The summed E-state index contributed by atoms with van der Waals surface area (Å²) >= 11 is 0. The largest absolute Gasteiger partial charge is 0.334 e. The lowest BCUT2D eigenvalue weighted by Crippen LogP contribution is -2.38. The van der Waals surface area contributed by atoms with Crippen molar-refractivity contribution in [1.82, 2.24) is 15.6 Å². The first kappa shape index (κ1) is 14.6. The molecule has 0 fully saturated rings. The van der Waals surface area contributed by atoms with Gasteiger partial charge in [0.2, 0.25) is 0 Å². The van der Waals surface area contributed by atoms with Gasteiger partial charge in [-0.1, -0.05) is 36.8 Å². The Labute approximate surface area is 131 Å². The van der Waals surface area contributed by atoms with Gasteiger partial charge in [0.05, 0.1) is 6.04 Å². The summed E-state index contributed by atoms with van der Waals surface area (Å²) in [6.45, 7) is 4.76. The third-order valence-corrected chi connectivity index (χ3v) is 4.21. The topological polar surface area (TPSA) is 54.0 Å². The van der Waals surface area contributed by atoms with E-state index in [0.717, 1.165) is 12.0 Å². The molecule has 2 aromatic rings. The number of carbonyl (C=O) groups is 1. The van der Waals surface area contributed by atoms with E-state index in [1.807, 2.05) is 12.1 Å². The number of rotatable bonds is 3. The molecule has 0 unspecified atom stereocenters. The van der Waals surface area contributed by atoms with Gasteiger partial charge in [0.1, 0.15) is 0 Å². The molecule has 0 saturated heterocycles. The van der Waals surface area contributed by atoms with E-state index in [9.17, 15) is 4.79 Å². The Morgan fingerprint density at radius 3 is 3.00 bits per heavy atom. The highest BCUT2D eigenvalue weighted by molar-refractivity contribution is 5.74. The summed E-state index contributed by atoms with van der Waals surface area (Å²) in [6.07, 6.45) is 4.50. The van der Waals surface area contributed by atoms with Gasteiger partial charge in [-0.2, -0.15) is 0 Å². The number of fused-ring (bicyclic) bond motifs is 1. The second-order valence-corrected chi connectivity index (χ2v) is 6.05. The summed E-state index contributed by atoms with van der Waals surface area (Å²) < 4.78 is 0. The Kier molecular flexibility index (Phi) is 4.09. The van der Waals surface area contributed by atoms with Crippen molar-refractivity contribution in [2.24, 2.45) is 5.92 Å². The SMILES string of the molecule is Cc1ccc2c(c1)[C@@H](NC(=O)NCc1cccnc1)[C@@H](C)C2. The van der Waals surface area contributed by atoms with Gasteiger partial charge in [-0.3, -0.25) is 4.98 Å². The van der Waals surface area contributed by atoms with Crippen LogP contribution in [0.3, 0.4) is 0 Å². The summed E-state index contributed by atoms with van der Waals surface area (Å²) in [4.78, 5) is 16.2. The first-order valence-corrected chi connectivity index (χ1v) is 7.66. The molecular weight excluding hydrogens is 274 g/mol. The maximum Gasteiger partial charge on any atom is 0.315 e. The molecule has 0 saturated carbocycles. The highest BCUT2D eigenvalue weighted by Crippen LogP contribution is 2.36. The molecule has 1 heterocycles. The zero-order valence-electron chi connectivity index (χ0n) is 13.0. The zero-order chi connectivity index (χ0) is 15.5. The van der Waals surface area contributed by atoms with Gasteiger partial charge in [0, 0.05) is 18.9 Å². The number of amides is 2. The number of urea groups is 1. The van der Waals surface area contributed by atoms with Gasteiger partial charge < -0.3 is 10.6 Å². The van der Waals surface area contributed by atoms with Crippen molar-refractivity contribution in [3.8, 4) is 0 Å². The van der Waals surface area contributed by atoms with E-state index in [1.165, 1.54) is 16.7 Å². The molecule has 1 aromatic carbocycles. The second-order valence-electron chi connectivity index (χ2n) is 6.05. The zero-order valence-corrected chi connectivity index (χ0v) is 13.0. The molecule has 114 valence electrons. The van der Waals surface area contributed by atoms with Crippen molar-refractivity contribution in [1.29, 1.82) is 0 Å². The lowest BCUT2D eigenvalue weighted by atomic mass is 10.0. The Balaban J connectivity index is 1.63. The van der Waals surface area contributed by atoms with Crippen molar-refractivity contribution in [3.63, 3.8) is 0 Å². The maximum absolute atomic E-state index is 12.2. The predicted octanol–water partition coefficient (Wildman–Crippen LogP) is 3.12. The van der Waals surface area contributed by atoms with Crippen molar-refractivity contribution in [2.45, 2.75) is 32.9 Å². The van der Waals surface area contributed by atoms with Crippen molar-refractivity contribution < 1.29 is 4.79 Å². The molecule has 1 aliphatic carbocycles. The fourth-order valence-electron chi connectivity index (χ4n) is 3.06. The Morgan fingerprint density at radius 2 is 2.23 bits per heavy atom. The minimum atomic E-state index is -0.130. The summed E-state index contributed by atoms with van der Waals surface area (Å²) in [5, 5.41) is 6.01. The molecule has 0 radical (unpaired) electrons. The van der Waals surface area contributed by atoms with E-state index in [4.69, 9.17) is 0 Å². The smallest absolute Gasteiger partial charge is 0.315 e. The number of hydrogen-bond acceptors (Lipinski definition) is 2. The number of pyridine rings is 1. The van der Waals surface area contributed by atoms with Gasteiger partial charge in [-0.25, -0.2) is 4.79 Å². The van der Waals surface area contributed by atoms with Crippen LogP contribution in [0.4, 0.5) is 4.79 Å². The molecule has 1 aromatic heterocycles. The quantitative estimate of drug-likeness (QED) is 0.914. The Morgan fingerprint density at radius 1 is 1.36 bits per heavy atom. The van der Waals surface area contributed by atoms with Crippen LogP contribution in [0.25, 0.3) is 0 Å². The lowest BCUT2D eigenvalue weighted by molar-refractivity contribution is 0.233. The normalized spacial score (nSPS) is 19.5. The van der Waals surface area contributed by atoms with Crippen molar-refractivity contribution >= 4 is 6.03 Å². The molecular formula is C18H21N3O. The average molecular weight is 295 g/mol. The minimum absolute atomic E-state index is 0.0869. The predicted molar refractivity (Wildman–Crippen MR) is 86.4 cm³/mol. The Hall–Kier alpha value is -2.36. The number of nitrogens with zero attached hydrogens (tertiary/aromatic N) is 1. The monoisotopic (exact) mass is 295 g/mol. The number of nitrogens with one attached hydrogen (secondary N) is 2. The molecule has 1 aliphatic rings. The molecule has 2 atom stereocenters. The third kappa shape index (κ3) is 3.11. The fourth-order valence-corrected chi connectivity index (χ4v) is 3.06. The average Bonchev–Trinajstić information content (AvgIpc) is 2.82. The number of carbonyl (C=O) groups excluding carboxylic acids is 1. The third-order valence-electron chi connectivity index (χ3n) is 4.21. The molecule has 2 amide bonds. The fraction of sp³-hybridized carbons (Fsp3) is 0.333. The molecule has 0 bridgehead atoms. The van der Waals surface area contributed by atoms with Crippen molar-refractivity contribution in [3.05, 3.63) is 65.0 Å². The van der Waals surface area contributed by atoms with Crippen LogP contribution in [0.1, 0.15) is 35.2 Å².